The molecule has 0 amide bonds. The molecule has 31 heavy (non-hydrogen) atoms. The molecule has 4 rings (SSSR count). The van der Waals surface area contributed by atoms with Crippen LogP contribution in [0.4, 0.5) is 8.78 Å². The highest BCUT2D eigenvalue weighted by Crippen LogP contribution is 2.31. The van der Waals surface area contributed by atoms with Crippen LogP contribution in [0.2, 0.25) is 0 Å². The monoisotopic (exact) mass is 429 g/mol. The van der Waals surface area contributed by atoms with Crippen LogP contribution in [0.3, 0.4) is 0 Å². The zero-order valence-electron chi connectivity index (χ0n) is 18.3. The quantitative estimate of drug-likeness (QED) is 0.431. The Morgan fingerprint density at radius 1 is 0.968 bits per heavy atom. The molecule has 0 aliphatic heterocycles. The van der Waals surface area contributed by atoms with Crippen molar-refractivity contribution in [1.82, 2.24) is 15.2 Å². The van der Waals surface area contributed by atoms with E-state index >= 15 is 0 Å². The molecule has 1 aromatic heterocycles. The van der Waals surface area contributed by atoms with Crippen LogP contribution < -0.4 is 10.6 Å². The number of nitrogens with zero attached hydrogens (tertiary/aromatic N) is 1. The van der Waals surface area contributed by atoms with Crippen molar-refractivity contribution in [1.29, 1.82) is 0 Å². The van der Waals surface area contributed by atoms with Crippen LogP contribution in [0.25, 0.3) is 21.8 Å². The minimum Gasteiger partial charge on any atom is -0.387 e. The number of hydrogen-bond donors (Lipinski definition) is 3. The minimum absolute atomic E-state index is 0.331. The number of benzene rings is 2. The first-order chi connectivity index (χ1) is 14.9. The van der Waals surface area contributed by atoms with Crippen LogP contribution >= 0.6 is 0 Å². The molecule has 3 aromatic rings. The number of nitrogens with one attached hydrogen (secondary N) is 2. The van der Waals surface area contributed by atoms with Crippen LogP contribution in [0.1, 0.15) is 45.4 Å². The van der Waals surface area contributed by atoms with Gasteiger partial charge in [-0.1, -0.05) is 19.3 Å². The van der Waals surface area contributed by atoms with Gasteiger partial charge in [0, 0.05) is 34.4 Å². The fraction of sp³-hybridized carbons (Fsp3) is 0.520. The van der Waals surface area contributed by atoms with Crippen LogP contribution in [-0.2, 0) is 6.54 Å². The summed E-state index contributed by atoms with van der Waals surface area (Å²) in [5.74, 6) is -0.711. The van der Waals surface area contributed by atoms with E-state index in [-0.39, 0.29) is 11.6 Å². The number of rotatable bonds is 9. The zero-order valence-corrected chi connectivity index (χ0v) is 18.3. The van der Waals surface area contributed by atoms with Crippen molar-refractivity contribution in [3.8, 4) is 0 Å². The lowest BCUT2D eigenvalue weighted by molar-refractivity contribution is 0.0442. The van der Waals surface area contributed by atoms with Crippen molar-refractivity contribution < 1.29 is 13.9 Å². The third kappa shape index (κ3) is 5.43. The molecule has 0 bridgehead atoms. The average Bonchev–Trinajstić information content (AvgIpc) is 3.03. The molecule has 1 atom stereocenters. The normalized spacial score (nSPS) is 17.4. The van der Waals surface area contributed by atoms with Crippen molar-refractivity contribution in [2.24, 2.45) is 0 Å². The largest absolute Gasteiger partial charge is 0.387 e. The maximum absolute atomic E-state index is 13.8. The van der Waals surface area contributed by atoms with E-state index in [1.807, 2.05) is 4.57 Å². The molecule has 0 saturated heterocycles. The van der Waals surface area contributed by atoms with Crippen molar-refractivity contribution in [3.05, 3.63) is 48.0 Å². The first-order valence-corrected chi connectivity index (χ1v) is 11.5. The highest BCUT2D eigenvalue weighted by atomic mass is 19.1. The molecule has 1 saturated carbocycles. The number of halogens is 2. The number of aromatic nitrogens is 1. The number of hydrogen-bond acceptors (Lipinski definition) is 3. The van der Waals surface area contributed by atoms with Gasteiger partial charge in [-0.3, -0.25) is 0 Å². The van der Waals surface area contributed by atoms with Gasteiger partial charge in [0.05, 0.1) is 12.1 Å². The van der Waals surface area contributed by atoms with Gasteiger partial charge in [-0.25, -0.2) is 8.78 Å². The van der Waals surface area contributed by atoms with Gasteiger partial charge in [0.15, 0.2) is 0 Å². The first kappa shape index (κ1) is 22.2. The summed E-state index contributed by atoms with van der Waals surface area (Å²) in [6, 6.07) is 9.73. The second-order valence-corrected chi connectivity index (χ2v) is 9.23. The molecule has 1 aliphatic rings. The third-order valence-electron chi connectivity index (χ3n) is 6.36. The van der Waals surface area contributed by atoms with Gasteiger partial charge < -0.3 is 20.3 Å². The minimum atomic E-state index is -1.00. The van der Waals surface area contributed by atoms with Gasteiger partial charge in [0.1, 0.15) is 11.6 Å². The summed E-state index contributed by atoms with van der Waals surface area (Å²) in [5, 5.41) is 19.4. The molecular weight excluding hydrogens is 396 g/mol. The molecule has 4 nitrogen and oxygen atoms in total. The average molecular weight is 430 g/mol. The smallest absolute Gasteiger partial charge is 0.123 e. The number of aliphatic hydroxyl groups is 1. The molecule has 0 spiro atoms. The Bertz CT molecular complexity index is 965. The van der Waals surface area contributed by atoms with Gasteiger partial charge in [-0.05, 0) is 75.7 Å². The van der Waals surface area contributed by atoms with Crippen LogP contribution in [0.15, 0.2) is 36.4 Å². The van der Waals surface area contributed by atoms with Gasteiger partial charge in [-0.15, -0.1) is 0 Å². The van der Waals surface area contributed by atoms with E-state index in [0.29, 0.717) is 29.9 Å². The van der Waals surface area contributed by atoms with Gasteiger partial charge in [-0.2, -0.15) is 0 Å². The SMILES string of the molecule is CC(O)(CNCCCNC1CCCCC1)Cn1c2ccc(F)cc2c2cc(F)ccc21. The summed E-state index contributed by atoms with van der Waals surface area (Å²) in [5.41, 5.74) is 0.580. The lowest BCUT2D eigenvalue weighted by Crippen LogP contribution is -2.42. The standard InChI is InChI=1S/C25H33F2N3O/c1-25(31,16-28-12-5-13-29-20-6-3-2-4-7-20)17-30-23-10-8-18(26)14-21(23)22-15-19(27)9-11-24(22)30/h8-11,14-15,20,28-29,31H,2-7,12-13,16-17H2,1H3. The van der Waals surface area contributed by atoms with E-state index in [4.69, 9.17) is 0 Å². The Kier molecular flexibility index (Phi) is 6.89. The maximum Gasteiger partial charge on any atom is 0.123 e. The lowest BCUT2D eigenvalue weighted by atomic mass is 9.95. The molecule has 1 heterocycles. The Morgan fingerprint density at radius 3 is 2.19 bits per heavy atom. The lowest BCUT2D eigenvalue weighted by Gasteiger charge is -2.26. The van der Waals surface area contributed by atoms with E-state index in [9.17, 15) is 13.9 Å². The van der Waals surface area contributed by atoms with E-state index in [1.165, 1.54) is 56.4 Å². The zero-order chi connectivity index (χ0) is 21.8. The fourth-order valence-corrected chi connectivity index (χ4v) is 4.80. The summed E-state index contributed by atoms with van der Waals surface area (Å²) in [6.07, 6.45) is 7.62. The van der Waals surface area contributed by atoms with Crippen LogP contribution in [0.5, 0.6) is 0 Å². The van der Waals surface area contributed by atoms with Crippen molar-refractivity contribution in [2.45, 2.75) is 63.6 Å². The summed E-state index contributed by atoms with van der Waals surface area (Å²) < 4.78 is 29.6. The van der Waals surface area contributed by atoms with Crippen molar-refractivity contribution in [3.63, 3.8) is 0 Å². The van der Waals surface area contributed by atoms with Gasteiger partial charge in [0.25, 0.3) is 0 Å². The predicted octanol–water partition coefficient (Wildman–Crippen LogP) is 4.73. The topological polar surface area (TPSA) is 49.2 Å². The van der Waals surface area contributed by atoms with E-state index < -0.39 is 5.60 Å². The predicted molar refractivity (Wildman–Crippen MR) is 122 cm³/mol. The molecule has 3 N–H and O–H groups in total. The molecule has 0 radical (unpaired) electrons. The summed E-state index contributed by atoms with van der Waals surface area (Å²) in [6.45, 7) is 4.39. The summed E-state index contributed by atoms with van der Waals surface area (Å²) in [7, 11) is 0. The second kappa shape index (κ2) is 9.63. The molecule has 1 aliphatic carbocycles. The summed E-state index contributed by atoms with van der Waals surface area (Å²) >= 11 is 0. The van der Waals surface area contributed by atoms with E-state index in [2.05, 4.69) is 10.6 Å². The molecule has 1 unspecified atom stereocenters. The highest BCUT2D eigenvalue weighted by Gasteiger charge is 2.23. The van der Waals surface area contributed by atoms with E-state index in [1.54, 1.807) is 19.1 Å². The number of fused-ring (bicyclic) bond motifs is 3. The third-order valence-corrected chi connectivity index (χ3v) is 6.36. The van der Waals surface area contributed by atoms with E-state index in [0.717, 1.165) is 30.5 Å². The highest BCUT2D eigenvalue weighted by molar-refractivity contribution is 6.08. The molecule has 2 aromatic carbocycles. The maximum atomic E-state index is 13.8. The first-order valence-electron chi connectivity index (χ1n) is 11.5. The fourth-order valence-electron chi connectivity index (χ4n) is 4.80. The molecular formula is C25H33F2N3O. The van der Waals surface area contributed by atoms with Gasteiger partial charge >= 0.3 is 0 Å². The van der Waals surface area contributed by atoms with Crippen LogP contribution in [0, 0.1) is 11.6 Å². The van der Waals surface area contributed by atoms with Crippen molar-refractivity contribution >= 4 is 21.8 Å². The molecule has 6 heteroatoms. The second-order valence-electron chi connectivity index (χ2n) is 9.23. The Labute approximate surface area is 182 Å². The Hall–Kier alpha value is -2.02. The summed E-state index contributed by atoms with van der Waals surface area (Å²) in [4.78, 5) is 0. The van der Waals surface area contributed by atoms with Crippen LogP contribution in [-0.4, -0.2) is 41.0 Å². The molecule has 1 fully saturated rings. The molecule has 168 valence electrons. The van der Waals surface area contributed by atoms with Gasteiger partial charge in [0.2, 0.25) is 0 Å². The Balaban J connectivity index is 1.37. The Morgan fingerprint density at radius 2 is 1.58 bits per heavy atom. The van der Waals surface area contributed by atoms with Crippen molar-refractivity contribution in [2.75, 3.05) is 19.6 Å².